The first-order chi connectivity index (χ1) is 12.6. The third kappa shape index (κ3) is 4.05. The van der Waals surface area contributed by atoms with Gasteiger partial charge in [-0.3, -0.25) is 19.7 Å². The van der Waals surface area contributed by atoms with Crippen LogP contribution in [0.3, 0.4) is 0 Å². The maximum Gasteiger partial charge on any atom is 0.320 e. The van der Waals surface area contributed by atoms with Gasteiger partial charge in [-0.25, -0.2) is 0 Å². The van der Waals surface area contributed by atoms with Crippen molar-refractivity contribution in [3.05, 3.63) is 59.7 Å². The predicted octanol–water partition coefficient (Wildman–Crippen LogP) is 2.21. The van der Waals surface area contributed by atoms with Gasteiger partial charge in [0, 0.05) is 4.90 Å². The molecule has 6 nitrogen and oxygen atoms in total. The zero-order chi connectivity index (χ0) is 18.5. The molecule has 0 fully saturated rings. The van der Waals surface area contributed by atoms with Gasteiger partial charge in [-0.15, -0.1) is 11.8 Å². The van der Waals surface area contributed by atoms with Gasteiger partial charge in [0.1, 0.15) is 11.0 Å². The molecule has 2 aromatic rings. The van der Waals surface area contributed by atoms with Crippen LogP contribution in [0.2, 0.25) is 0 Å². The maximum absolute atomic E-state index is 12.1. The Hall–Kier alpha value is -2.80. The zero-order valence-corrected chi connectivity index (χ0v) is 14.9. The molecule has 2 aromatic carbocycles. The summed E-state index contributed by atoms with van der Waals surface area (Å²) in [6.07, 6.45) is 0.571. The Labute approximate surface area is 154 Å². The van der Waals surface area contributed by atoms with Crippen molar-refractivity contribution >= 4 is 29.5 Å². The van der Waals surface area contributed by atoms with Crippen LogP contribution in [-0.4, -0.2) is 36.8 Å². The normalized spacial score (nSPS) is 15.0. The molecule has 1 aliphatic rings. The summed E-state index contributed by atoms with van der Waals surface area (Å²) in [6.45, 7) is -0.507. The van der Waals surface area contributed by atoms with Crippen molar-refractivity contribution in [1.29, 1.82) is 0 Å². The first kappa shape index (κ1) is 18.0. The molecular weight excluding hydrogens is 354 g/mol. The van der Waals surface area contributed by atoms with Crippen LogP contribution >= 0.6 is 11.8 Å². The quantitative estimate of drug-likeness (QED) is 0.812. The van der Waals surface area contributed by atoms with E-state index in [1.165, 1.54) is 18.9 Å². The van der Waals surface area contributed by atoms with Crippen molar-refractivity contribution in [2.45, 2.75) is 16.6 Å². The van der Waals surface area contributed by atoms with E-state index >= 15 is 0 Å². The average Bonchev–Trinajstić information content (AvgIpc) is 3.10. The third-order valence-electron chi connectivity index (χ3n) is 3.86. The molecule has 1 unspecified atom stereocenters. The van der Waals surface area contributed by atoms with Crippen LogP contribution in [0.4, 0.5) is 0 Å². The Morgan fingerprint density at radius 3 is 2.62 bits per heavy atom. The molecular formula is C19H17NO5S. The first-order valence-electron chi connectivity index (χ1n) is 7.97. The number of fused-ring (bicyclic) bond motifs is 1. The van der Waals surface area contributed by atoms with Gasteiger partial charge in [0.05, 0.1) is 12.7 Å². The number of hydrogen-bond acceptors (Lipinski definition) is 6. The number of hydrogen-bond donors (Lipinski definition) is 1. The van der Waals surface area contributed by atoms with Gasteiger partial charge in [-0.1, -0.05) is 30.3 Å². The number of nitrogens with one attached hydrogen (secondary N) is 1. The standard InChI is InChI=1S/C19H17NO5S/c1-24-14-8-4-3-7-13(14)18(22)20-17(21)11-25-19(23)16-10-12-6-2-5-9-15(12)26-16/h2-9,16H,10-11H2,1H3,(H,20,21,22). The molecule has 1 N–H and O–H groups in total. The van der Waals surface area contributed by atoms with Crippen LogP contribution in [0, 0.1) is 0 Å². The minimum atomic E-state index is -0.685. The molecule has 0 aliphatic carbocycles. The molecule has 1 aliphatic heterocycles. The van der Waals surface area contributed by atoms with Crippen LogP contribution in [0.1, 0.15) is 15.9 Å². The van der Waals surface area contributed by atoms with Crippen molar-refractivity contribution in [2.24, 2.45) is 0 Å². The summed E-state index contributed by atoms with van der Waals surface area (Å²) >= 11 is 1.42. The number of benzene rings is 2. The monoisotopic (exact) mass is 371 g/mol. The Kier molecular flexibility index (Phi) is 5.58. The summed E-state index contributed by atoms with van der Waals surface area (Å²) in [7, 11) is 1.44. The van der Waals surface area contributed by atoms with Crippen LogP contribution < -0.4 is 10.1 Å². The molecule has 1 heterocycles. The Bertz CT molecular complexity index is 826. The van der Waals surface area contributed by atoms with Gasteiger partial charge >= 0.3 is 5.97 Å². The van der Waals surface area contributed by atoms with Crippen LogP contribution in [0.25, 0.3) is 0 Å². The minimum absolute atomic E-state index is 0.233. The van der Waals surface area contributed by atoms with Crippen molar-refractivity contribution in [3.8, 4) is 5.75 Å². The second kappa shape index (κ2) is 8.05. The molecule has 0 aromatic heterocycles. The second-order valence-corrected chi connectivity index (χ2v) is 6.85. The van der Waals surface area contributed by atoms with Gasteiger partial charge in [-0.05, 0) is 30.2 Å². The van der Waals surface area contributed by atoms with E-state index in [2.05, 4.69) is 5.32 Å². The highest BCUT2D eigenvalue weighted by molar-refractivity contribution is 8.01. The Balaban J connectivity index is 1.50. The summed E-state index contributed by atoms with van der Waals surface area (Å²) in [4.78, 5) is 37.2. The van der Waals surface area contributed by atoms with Crippen molar-refractivity contribution in [1.82, 2.24) is 5.32 Å². The highest BCUT2D eigenvalue weighted by Crippen LogP contribution is 2.37. The van der Waals surface area contributed by atoms with Gasteiger partial charge in [0.25, 0.3) is 11.8 Å². The number of ether oxygens (including phenoxy) is 2. The van der Waals surface area contributed by atoms with E-state index in [9.17, 15) is 14.4 Å². The van der Waals surface area contributed by atoms with E-state index in [-0.39, 0.29) is 10.8 Å². The molecule has 0 saturated heterocycles. The van der Waals surface area contributed by atoms with Crippen LogP contribution in [-0.2, 0) is 20.7 Å². The van der Waals surface area contributed by atoms with Crippen molar-refractivity contribution < 1.29 is 23.9 Å². The smallest absolute Gasteiger partial charge is 0.320 e. The number of imide groups is 1. The summed E-state index contributed by atoms with van der Waals surface area (Å²) < 4.78 is 10.1. The van der Waals surface area contributed by atoms with Crippen molar-refractivity contribution in [3.63, 3.8) is 0 Å². The van der Waals surface area contributed by atoms with Crippen molar-refractivity contribution in [2.75, 3.05) is 13.7 Å². The summed E-state index contributed by atoms with van der Waals surface area (Å²) in [5, 5.41) is 1.82. The fourth-order valence-electron chi connectivity index (χ4n) is 2.61. The van der Waals surface area contributed by atoms with E-state index in [4.69, 9.17) is 9.47 Å². The topological polar surface area (TPSA) is 81.7 Å². The highest BCUT2D eigenvalue weighted by Gasteiger charge is 2.29. The number of esters is 1. The number of rotatable bonds is 5. The number of carbonyl (C=O) groups excluding carboxylic acids is 3. The Morgan fingerprint density at radius 1 is 1.12 bits per heavy atom. The predicted molar refractivity (Wildman–Crippen MR) is 96.2 cm³/mol. The molecule has 7 heteroatoms. The minimum Gasteiger partial charge on any atom is -0.496 e. The number of carbonyl (C=O) groups is 3. The maximum atomic E-state index is 12.1. The van der Waals surface area contributed by atoms with Crippen LogP contribution in [0.5, 0.6) is 5.75 Å². The summed E-state index contributed by atoms with van der Waals surface area (Å²) in [6, 6.07) is 14.3. The lowest BCUT2D eigenvalue weighted by Crippen LogP contribution is -2.35. The number of para-hydroxylation sites is 1. The number of methoxy groups -OCH3 is 1. The molecule has 134 valence electrons. The lowest BCUT2D eigenvalue weighted by Gasteiger charge is -2.10. The van der Waals surface area contributed by atoms with Gasteiger partial charge in [-0.2, -0.15) is 0 Å². The lowest BCUT2D eigenvalue weighted by molar-refractivity contribution is -0.147. The Morgan fingerprint density at radius 2 is 1.85 bits per heavy atom. The number of amides is 2. The fourth-order valence-corrected chi connectivity index (χ4v) is 3.80. The zero-order valence-electron chi connectivity index (χ0n) is 14.1. The van der Waals surface area contributed by atoms with Gasteiger partial charge in [0.15, 0.2) is 6.61 Å². The van der Waals surface area contributed by atoms with E-state index < -0.39 is 24.4 Å². The fraction of sp³-hybridized carbons (Fsp3) is 0.211. The molecule has 2 amide bonds. The van der Waals surface area contributed by atoms with E-state index in [1.807, 2.05) is 24.3 Å². The molecule has 3 rings (SSSR count). The van der Waals surface area contributed by atoms with E-state index in [0.29, 0.717) is 12.2 Å². The first-order valence-corrected chi connectivity index (χ1v) is 8.85. The molecule has 0 saturated carbocycles. The van der Waals surface area contributed by atoms with Gasteiger partial charge < -0.3 is 9.47 Å². The molecule has 0 bridgehead atoms. The van der Waals surface area contributed by atoms with Crippen LogP contribution in [0.15, 0.2) is 53.4 Å². The largest absolute Gasteiger partial charge is 0.496 e. The van der Waals surface area contributed by atoms with Gasteiger partial charge in [0.2, 0.25) is 0 Å². The molecule has 1 atom stereocenters. The highest BCUT2D eigenvalue weighted by atomic mass is 32.2. The third-order valence-corrected chi connectivity index (χ3v) is 5.16. The van der Waals surface area contributed by atoms with E-state index in [0.717, 1.165) is 10.5 Å². The SMILES string of the molecule is COc1ccccc1C(=O)NC(=O)COC(=O)C1Cc2ccccc2S1. The number of thioether (sulfide) groups is 1. The molecule has 26 heavy (non-hydrogen) atoms. The lowest BCUT2D eigenvalue weighted by atomic mass is 10.1. The average molecular weight is 371 g/mol. The molecule has 0 spiro atoms. The molecule has 0 radical (unpaired) electrons. The summed E-state index contributed by atoms with van der Waals surface area (Å²) in [5.74, 6) is -1.40. The summed E-state index contributed by atoms with van der Waals surface area (Å²) in [5.41, 5.74) is 1.33. The van der Waals surface area contributed by atoms with E-state index in [1.54, 1.807) is 24.3 Å². The second-order valence-electron chi connectivity index (χ2n) is 5.60.